The number of thioether (sulfide) groups is 2. The van der Waals surface area contributed by atoms with Crippen LogP contribution in [0.3, 0.4) is 0 Å². The highest BCUT2D eigenvalue weighted by Crippen LogP contribution is 2.26. The first-order chi connectivity index (χ1) is 14.1. The minimum Gasteiger partial charge on any atom is -0.339 e. The van der Waals surface area contributed by atoms with Crippen molar-refractivity contribution in [2.75, 3.05) is 17.8 Å². The van der Waals surface area contributed by atoms with Crippen LogP contribution in [0.5, 0.6) is 0 Å². The summed E-state index contributed by atoms with van der Waals surface area (Å²) >= 11 is 10.9. The number of hydrogen-bond donors (Lipinski definition) is 1. The summed E-state index contributed by atoms with van der Waals surface area (Å²) in [5.74, 6) is 2.17. The SMILES string of the molecule is CCCSc1ncc(Cl)c(C(=O)NC(CCSC)c2nc(-c3cccs3)no2)n1. The second kappa shape index (κ2) is 11.0. The molecule has 0 bridgehead atoms. The van der Waals surface area contributed by atoms with Gasteiger partial charge in [-0.15, -0.1) is 11.3 Å². The van der Waals surface area contributed by atoms with E-state index in [-0.39, 0.29) is 10.7 Å². The molecule has 11 heteroatoms. The monoisotopic (exact) mass is 469 g/mol. The quantitative estimate of drug-likeness (QED) is 0.328. The molecule has 0 radical (unpaired) electrons. The van der Waals surface area contributed by atoms with Crippen LogP contribution in [0.25, 0.3) is 10.7 Å². The van der Waals surface area contributed by atoms with Crippen molar-refractivity contribution in [3.8, 4) is 10.7 Å². The van der Waals surface area contributed by atoms with Crippen LogP contribution in [0.2, 0.25) is 5.02 Å². The molecule has 3 aromatic heterocycles. The first-order valence-electron chi connectivity index (χ1n) is 8.95. The Morgan fingerprint density at radius 2 is 2.24 bits per heavy atom. The maximum absolute atomic E-state index is 12.9. The van der Waals surface area contributed by atoms with Crippen molar-refractivity contribution in [3.63, 3.8) is 0 Å². The van der Waals surface area contributed by atoms with E-state index in [4.69, 9.17) is 16.1 Å². The molecule has 0 saturated heterocycles. The number of hydrogen-bond acceptors (Lipinski definition) is 9. The second-order valence-corrected chi connectivity index (χ2v) is 9.34. The van der Waals surface area contributed by atoms with Gasteiger partial charge in [0.15, 0.2) is 10.9 Å². The van der Waals surface area contributed by atoms with E-state index >= 15 is 0 Å². The predicted molar refractivity (Wildman–Crippen MR) is 119 cm³/mol. The van der Waals surface area contributed by atoms with Crippen molar-refractivity contribution in [3.05, 3.63) is 40.3 Å². The van der Waals surface area contributed by atoms with Crippen LogP contribution in [0.4, 0.5) is 0 Å². The second-order valence-electron chi connectivity index (χ2n) is 5.94. The lowest BCUT2D eigenvalue weighted by molar-refractivity contribution is 0.0921. The number of aromatic nitrogens is 4. The summed E-state index contributed by atoms with van der Waals surface area (Å²) in [6.07, 6.45) is 5.08. The first kappa shape index (κ1) is 22.1. The average molecular weight is 470 g/mol. The van der Waals surface area contributed by atoms with Gasteiger partial charge < -0.3 is 9.84 Å². The van der Waals surface area contributed by atoms with Gasteiger partial charge in [0, 0.05) is 5.75 Å². The fourth-order valence-electron chi connectivity index (χ4n) is 2.38. The molecule has 1 amide bonds. The minimum atomic E-state index is -0.436. The van der Waals surface area contributed by atoms with E-state index in [2.05, 4.69) is 32.3 Å². The zero-order chi connectivity index (χ0) is 20.6. The Labute approximate surface area is 186 Å². The summed E-state index contributed by atoms with van der Waals surface area (Å²) < 4.78 is 5.44. The smallest absolute Gasteiger partial charge is 0.272 e. The maximum Gasteiger partial charge on any atom is 0.272 e. The Morgan fingerprint density at radius 3 is 2.97 bits per heavy atom. The third-order valence-corrected chi connectivity index (χ3v) is 6.62. The van der Waals surface area contributed by atoms with Crippen LogP contribution in [-0.2, 0) is 0 Å². The first-order valence-corrected chi connectivity index (χ1v) is 12.6. The van der Waals surface area contributed by atoms with Crippen LogP contribution in [-0.4, -0.2) is 43.8 Å². The predicted octanol–water partition coefficient (Wildman–Crippen LogP) is 4.97. The summed E-state index contributed by atoms with van der Waals surface area (Å²) in [4.78, 5) is 26.8. The Morgan fingerprint density at radius 1 is 1.38 bits per heavy atom. The summed E-state index contributed by atoms with van der Waals surface area (Å²) in [5, 5.41) is 9.66. The molecule has 154 valence electrons. The van der Waals surface area contributed by atoms with Crippen LogP contribution in [0.15, 0.2) is 33.4 Å². The molecule has 0 aromatic carbocycles. The zero-order valence-corrected chi connectivity index (χ0v) is 19.1. The molecule has 0 aliphatic carbocycles. The molecule has 0 aliphatic rings. The van der Waals surface area contributed by atoms with Crippen molar-refractivity contribution in [2.45, 2.75) is 31.0 Å². The molecule has 0 saturated carbocycles. The Kier molecular flexibility index (Phi) is 8.34. The highest BCUT2D eigenvalue weighted by Gasteiger charge is 2.24. The lowest BCUT2D eigenvalue weighted by atomic mass is 10.2. The van der Waals surface area contributed by atoms with Gasteiger partial charge in [-0.05, 0) is 36.3 Å². The van der Waals surface area contributed by atoms with Gasteiger partial charge in [-0.2, -0.15) is 16.7 Å². The summed E-state index contributed by atoms with van der Waals surface area (Å²) in [6, 6.07) is 3.41. The molecule has 3 heterocycles. The van der Waals surface area contributed by atoms with Gasteiger partial charge >= 0.3 is 0 Å². The lowest BCUT2D eigenvalue weighted by Gasteiger charge is -2.15. The van der Waals surface area contributed by atoms with E-state index in [9.17, 15) is 4.79 Å². The van der Waals surface area contributed by atoms with Crippen molar-refractivity contribution in [1.29, 1.82) is 0 Å². The number of carbonyl (C=O) groups excluding carboxylic acids is 1. The molecular formula is C18H20ClN5O2S3. The van der Waals surface area contributed by atoms with Crippen LogP contribution in [0, 0.1) is 0 Å². The van der Waals surface area contributed by atoms with E-state index in [1.54, 1.807) is 11.8 Å². The average Bonchev–Trinajstić information content (AvgIpc) is 3.42. The molecule has 1 N–H and O–H groups in total. The van der Waals surface area contributed by atoms with E-state index in [1.165, 1.54) is 29.3 Å². The highest BCUT2D eigenvalue weighted by atomic mass is 35.5. The summed E-state index contributed by atoms with van der Waals surface area (Å²) in [6.45, 7) is 2.07. The van der Waals surface area contributed by atoms with Crippen LogP contribution < -0.4 is 5.32 Å². The van der Waals surface area contributed by atoms with Gasteiger partial charge in [-0.1, -0.05) is 41.5 Å². The fourth-order valence-corrected chi connectivity index (χ4v) is 4.34. The molecule has 3 aromatic rings. The third-order valence-electron chi connectivity index (χ3n) is 3.77. The molecule has 1 atom stereocenters. The molecule has 0 spiro atoms. The van der Waals surface area contributed by atoms with Crippen molar-refractivity contribution >= 4 is 52.4 Å². The number of rotatable bonds is 10. The fraction of sp³-hybridized carbons (Fsp3) is 0.389. The van der Waals surface area contributed by atoms with E-state index < -0.39 is 11.9 Å². The molecule has 0 fully saturated rings. The molecule has 3 rings (SSSR count). The largest absolute Gasteiger partial charge is 0.339 e. The zero-order valence-electron chi connectivity index (χ0n) is 15.9. The van der Waals surface area contributed by atoms with Gasteiger partial charge in [0.2, 0.25) is 11.7 Å². The number of amides is 1. The summed E-state index contributed by atoms with van der Waals surface area (Å²) in [5.41, 5.74) is 0.146. The van der Waals surface area contributed by atoms with Gasteiger partial charge in [0.05, 0.1) is 16.1 Å². The molecular weight excluding hydrogens is 450 g/mol. The topological polar surface area (TPSA) is 93.8 Å². The number of thiophene rings is 1. The highest BCUT2D eigenvalue weighted by molar-refractivity contribution is 7.99. The van der Waals surface area contributed by atoms with E-state index in [1.807, 2.05) is 23.8 Å². The van der Waals surface area contributed by atoms with Gasteiger partial charge in [0.25, 0.3) is 5.91 Å². The van der Waals surface area contributed by atoms with Crippen molar-refractivity contribution < 1.29 is 9.32 Å². The number of nitrogens with one attached hydrogen (secondary N) is 1. The Balaban J connectivity index is 1.79. The van der Waals surface area contributed by atoms with Crippen molar-refractivity contribution in [2.24, 2.45) is 0 Å². The van der Waals surface area contributed by atoms with Crippen molar-refractivity contribution in [1.82, 2.24) is 25.4 Å². The molecule has 7 nitrogen and oxygen atoms in total. The number of carbonyl (C=O) groups is 1. The third kappa shape index (κ3) is 5.94. The molecule has 0 aliphatic heterocycles. The van der Waals surface area contributed by atoms with E-state index in [0.29, 0.717) is 23.3 Å². The van der Waals surface area contributed by atoms with Gasteiger partial charge in [-0.3, -0.25) is 4.79 Å². The minimum absolute atomic E-state index is 0.146. The summed E-state index contributed by atoms with van der Waals surface area (Å²) in [7, 11) is 0. The number of nitrogens with zero attached hydrogens (tertiary/aromatic N) is 4. The molecule has 1 unspecified atom stereocenters. The van der Waals surface area contributed by atoms with Crippen LogP contribution >= 0.6 is 46.5 Å². The Bertz CT molecular complexity index is 935. The van der Waals surface area contributed by atoms with Gasteiger partial charge in [-0.25, -0.2) is 9.97 Å². The Hall–Kier alpha value is -1.62. The van der Waals surface area contributed by atoms with Crippen LogP contribution in [0.1, 0.15) is 42.2 Å². The van der Waals surface area contributed by atoms with Gasteiger partial charge in [0.1, 0.15) is 6.04 Å². The standard InChI is InChI=1S/C18H20ClN5O2S3/c1-3-7-29-18-20-10-11(19)14(22-18)16(25)21-12(6-9-27-2)17-23-15(24-26-17)13-5-4-8-28-13/h4-5,8,10,12H,3,6-7,9H2,1-2H3,(H,21,25). The van der Waals surface area contributed by atoms with E-state index in [0.717, 1.165) is 22.8 Å². The normalized spacial score (nSPS) is 12.1. The maximum atomic E-state index is 12.9. The lowest BCUT2D eigenvalue weighted by Crippen LogP contribution is -2.30. The molecule has 29 heavy (non-hydrogen) atoms. The number of halogens is 1.